The van der Waals surface area contributed by atoms with Gasteiger partial charge in [-0.15, -0.1) is 0 Å². The van der Waals surface area contributed by atoms with E-state index in [1.54, 1.807) is 0 Å². The van der Waals surface area contributed by atoms with Crippen molar-refractivity contribution in [3.05, 3.63) is 48.0 Å². The number of anilines is 1. The first-order valence-electron chi connectivity index (χ1n) is 7.16. The molecule has 1 N–H and O–H groups in total. The van der Waals surface area contributed by atoms with Crippen LogP contribution in [0, 0.1) is 0 Å². The molecular weight excluding hydrogens is 260 g/mol. The topological polar surface area (TPSA) is 38.1 Å². The van der Waals surface area contributed by atoms with Crippen LogP contribution in [0.3, 0.4) is 0 Å². The van der Waals surface area contributed by atoms with Crippen molar-refractivity contribution in [3.8, 4) is 11.5 Å². The molecule has 3 rings (SSSR count). The fourth-order valence-electron chi connectivity index (χ4n) is 2.30. The highest BCUT2D eigenvalue weighted by Gasteiger charge is 2.16. The quantitative estimate of drug-likeness (QED) is 0.730. The zero-order valence-electron chi connectivity index (χ0n) is 12.9. The van der Waals surface area contributed by atoms with Crippen LogP contribution in [0.15, 0.2) is 46.9 Å². The highest BCUT2D eigenvalue weighted by atomic mass is 16.3. The van der Waals surface area contributed by atoms with Gasteiger partial charge in [-0.3, -0.25) is 0 Å². The molecule has 0 spiro atoms. The number of benzene rings is 2. The third kappa shape index (κ3) is 2.64. The minimum atomic E-state index is 0.113. The van der Waals surface area contributed by atoms with Gasteiger partial charge in [-0.1, -0.05) is 26.8 Å². The number of aromatic nitrogens is 1. The van der Waals surface area contributed by atoms with Gasteiger partial charge >= 0.3 is 0 Å². The molecule has 21 heavy (non-hydrogen) atoms. The number of hydrogen-bond acceptors (Lipinski definition) is 3. The first kappa shape index (κ1) is 13.7. The summed E-state index contributed by atoms with van der Waals surface area (Å²) in [5.41, 5.74) is 5.18. The van der Waals surface area contributed by atoms with E-state index in [9.17, 15) is 0 Å². The molecule has 0 aliphatic rings. The predicted octanol–water partition coefficient (Wildman–Crippen LogP) is 4.83. The van der Waals surface area contributed by atoms with Crippen LogP contribution in [0.25, 0.3) is 22.6 Å². The van der Waals surface area contributed by atoms with Crippen molar-refractivity contribution in [2.45, 2.75) is 26.2 Å². The number of oxazole rings is 1. The molecule has 0 fully saturated rings. The molecule has 3 aromatic rings. The van der Waals surface area contributed by atoms with Crippen LogP contribution in [0.2, 0.25) is 0 Å². The van der Waals surface area contributed by atoms with Crippen LogP contribution in [-0.4, -0.2) is 12.0 Å². The minimum absolute atomic E-state index is 0.113. The zero-order chi connectivity index (χ0) is 15.0. The summed E-state index contributed by atoms with van der Waals surface area (Å²) in [4.78, 5) is 4.63. The molecule has 0 amide bonds. The molecule has 0 saturated heterocycles. The Bertz CT molecular complexity index is 764. The van der Waals surface area contributed by atoms with E-state index in [1.165, 1.54) is 5.56 Å². The van der Waals surface area contributed by atoms with Gasteiger partial charge in [-0.2, -0.15) is 0 Å². The Balaban J connectivity index is 2.04. The lowest BCUT2D eigenvalue weighted by atomic mass is 9.87. The highest BCUT2D eigenvalue weighted by Crippen LogP contribution is 2.29. The van der Waals surface area contributed by atoms with Gasteiger partial charge in [0.25, 0.3) is 0 Å². The number of nitrogens with zero attached hydrogens (tertiary/aromatic N) is 1. The maximum atomic E-state index is 5.86. The first-order valence-corrected chi connectivity index (χ1v) is 7.16. The number of nitrogens with one attached hydrogen (secondary N) is 1. The SMILES string of the molecule is CNc1ccc(-c2nc3cc(C(C)(C)C)ccc3o2)cc1. The Kier molecular flexibility index (Phi) is 3.20. The van der Waals surface area contributed by atoms with E-state index >= 15 is 0 Å². The molecular formula is C18H20N2O. The van der Waals surface area contributed by atoms with Gasteiger partial charge in [0.15, 0.2) is 5.58 Å². The molecule has 0 atom stereocenters. The van der Waals surface area contributed by atoms with Gasteiger partial charge < -0.3 is 9.73 Å². The van der Waals surface area contributed by atoms with Crippen molar-refractivity contribution in [3.63, 3.8) is 0 Å². The van der Waals surface area contributed by atoms with Crippen molar-refractivity contribution in [2.75, 3.05) is 12.4 Å². The normalized spacial score (nSPS) is 11.8. The number of rotatable bonds is 2. The van der Waals surface area contributed by atoms with E-state index in [4.69, 9.17) is 4.42 Å². The maximum Gasteiger partial charge on any atom is 0.227 e. The molecule has 1 heterocycles. The molecule has 1 aromatic heterocycles. The van der Waals surface area contributed by atoms with Crippen molar-refractivity contribution in [1.29, 1.82) is 0 Å². The molecule has 0 aliphatic heterocycles. The van der Waals surface area contributed by atoms with Crippen LogP contribution < -0.4 is 5.32 Å². The smallest absolute Gasteiger partial charge is 0.227 e. The summed E-state index contributed by atoms with van der Waals surface area (Å²) >= 11 is 0. The van der Waals surface area contributed by atoms with Crippen LogP contribution in [-0.2, 0) is 5.41 Å². The van der Waals surface area contributed by atoms with Gasteiger partial charge in [0.2, 0.25) is 5.89 Å². The number of hydrogen-bond donors (Lipinski definition) is 1. The monoisotopic (exact) mass is 280 g/mol. The standard InChI is InChI=1S/C18H20N2O/c1-18(2,3)13-7-10-16-15(11-13)20-17(21-16)12-5-8-14(19-4)9-6-12/h5-11,19H,1-4H3. The van der Waals surface area contributed by atoms with Crippen LogP contribution in [0.1, 0.15) is 26.3 Å². The summed E-state index contributed by atoms with van der Waals surface area (Å²) in [5.74, 6) is 0.665. The molecule has 0 radical (unpaired) electrons. The largest absolute Gasteiger partial charge is 0.436 e. The lowest BCUT2D eigenvalue weighted by molar-refractivity contribution is 0.590. The molecule has 0 unspecified atom stereocenters. The van der Waals surface area contributed by atoms with E-state index in [2.05, 4.69) is 43.2 Å². The third-order valence-electron chi connectivity index (χ3n) is 3.67. The minimum Gasteiger partial charge on any atom is -0.436 e. The highest BCUT2D eigenvalue weighted by molar-refractivity contribution is 5.77. The second-order valence-corrected chi connectivity index (χ2v) is 6.28. The molecule has 0 aliphatic carbocycles. The van der Waals surface area contributed by atoms with E-state index < -0.39 is 0 Å². The molecule has 108 valence electrons. The summed E-state index contributed by atoms with van der Waals surface area (Å²) in [7, 11) is 1.91. The Morgan fingerprint density at radius 2 is 1.71 bits per heavy atom. The molecule has 3 nitrogen and oxygen atoms in total. The molecule has 0 bridgehead atoms. The zero-order valence-corrected chi connectivity index (χ0v) is 12.9. The van der Waals surface area contributed by atoms with E-state index in [1.807, 2.05) is 37.4 Å². The summed E-state index contributed by atoms with van der Waals surface area (Å²) in [6.07, 6.45) is 0. The Labute approximate surface area is 125 Å². The summed E-state index contributed by atoms with van der Waals surface area (Å²) in [6, 6.07) is 14.3. The van der Waals surface area contributed by atoms with Gasteiger partial charge in [0.1, 0.15) is 5.52 Å². The maximum absolute atomic E-state index is 5.86. The second-order valence-electron chi connectivity index (χ2n) is 6.28. The van der Waals surface area contributed by atoms with Crippen LogP contribution in [0.5, 0.6) is 0 Å². The average molecular weight is 280 g/mol. The fourth-order valence-corrected chi connectivity index (χ4v) is 2.30. The summed E-state index contributed by atoms with van der Waals surface area (Å²) < 4.78 is 5.86. The van der Waals surface area contributed by atoms with Gasteiger partial charge in [-0.05, 0) is 47.4 Å². The fraction of sp³-hybridized carbons (Fsp3) is 0.278. The van der Waals surface area contributed by atoms with Gasteiger partial charge in [0, 0.05) is 18.3 Å². The van der Waals surface area contributed by atoms with E-state index in [0.29, 0.717) is 5.89 Å². The summed E-state index contributed by atoms with van der Waals surface area (Å²) in [6.45, 7) is 6.60. The van der Waals surface area contributed by atoms with Gasteiger partial charge in [-0.25, -0.2) is 4.98 Å². The van der Waals surface area contributed by atoms with Crippen molar-refractivity contribution in [2.24, 2.45) is 0 Å². The van der Waals surface area contributed by atoms with Crippen LogP contribution >= 0.6 is 0 Å². The van der Waals surface area contributed by atoms with Crippen molar-refractivity contribution < 1.29 is 4.42 Å². The third-order valence-corrected chi connectivity index (χ3v) is 3.67. The van der Waals surface area contributed by atoms with Crippen LogP contribution in [0.4, 0.5) is 5.69 Å². The second kappa shape index (κ2) is 4.92. The summed E-state index contributed by atoms with van der Waals surface area (Å²) in [5, 5.41) is 3.11. The lowest BCUT2D eigenvalue weighted by Gasteiger charge is -2.18. The predicted molar refractivity (Wildman–Crippen MR) is 87.7 cm³/mol. The first-order chi connectivity index (χ1) is 9.97. The van der Waals surface area contributed by atoms with E-state index in [0.717, 1.165) is 22.4 Å². The molecule has 0 saturated carbocycles. The Morgan fingerprint density at radius 1 is 1.00 bits per heavy atom. The lowest BCUT2D eigenvalue weighted by Crippen LogP contribution is -2.10. The molecule has 2 aromatic carbocycles. The Hall–Kier alpha value is -2.29. The van der Waals surface area contributed by atoms with Gasteiger partial charge in [0.05, 0.1) is 0 Å². The average Bonchev–Trinajstić information content (AvgIpc) is 2.89. The number of fused-ring (bicyclic) bond motifs is 1. The molecule has 3 heteroatoms. The Morgan fingerprint density at radius 3 is 2.33 bits per heavy atom. The van der Waals surface area contributed by atoms with E-state index in [-0.39, 0.29) is 5.41 Å². The van der Waals surface area contributed by atoms with Crippen molar-refractivity contribution in [1.82, 2.24) is 4.98 Å². The van der Waals surface area contributed by atoms with Crippen molar-refractivity contribution >= 4 is 16.8 Å².